The monoisotopic (exact) mass is 380 g/mol. The van der Waals surface area contributed by atoms with E-state index in [9.17, 15) is 4.79 Å². The lowest BCUT2D eigenvalue weighted by atomic mass is 9.95. The molecule has 144 valence electrons. The minimum Gasteiger partial charge on any atom is -0.358 e. The number of benzene rings is 3. The minimum absolute atomic E-state index is 0.0409. The highest BCUT2D eigenvalue weighted by atomic mass is 16.1. The summed E-state index contributed by atoms with van der Waals surface area (Å²) in [5.74, 6) is -0.0409. The zero-order valence-electron chi connectivity index (χ0n) is 16.4. The van der Waals surface area contributed by atoms with Crippen molar-refractivity contribution in [2.45, 2.75) is 32.2 Å². The summed E-state index contributed by atoms with van der Waals surface area (Å²) < 4.78 is 0. The normalized spacial score (nSPS) is 13.2. The van der Waals surface area contributed by atoms with Gasteiger partial charge in [-0.05, 0) is 72.2 Å². The van der Waals surface area contributed by atoms with E-state index in [1.54, 1.807) is 0 Å². The molecule has 0 saturated carbocycles. The number of hydrogen-bond donors (Lipinski definition) is 2. The van der Waals surface area contributed by atoms with Crippen LogP contribution in [0.1, 0.15) is 40.0 Å². The Labute approximate surface area is 170 Å². The van der Waals surface area contributed by atoms with Crippen LogP contribution in [0.4, 0.5) is 0 Å². The number of amides is 1. The lowest BCUT2D eigenvalue weighted by molar-refractivity contribution is 0.0951. The average molecular weight is 380 g/mol. The van der Waals surface area contributed by atoms with Crippen molar-refractivity contribution >= 4 is 16.8 Å². The van der Waals surface area contributed by atoms with Crippen molar-refractivity contribution < 1.29 is 4.79 Å². The number of hydrogen-bond acceptors (Lipinski definition) is 1. The van der Waals surface area contributed by atoms with Gasteiger partial charge in [-0.15, -0.1) is 0 Å². The molecule has 0 atom stereocenters. The van der Waals surface area contributed by atoms with Crippen LogP contribution >= 0.6 is 0 Å². The molecule has 2 N–H and O–H groups in total. The third-order valence-electron chi connectivity index (χ3n) is 5.87. The van der Waals surface area contributed by atoms with Crippen molar-refractivity contribution in [1.82, 2.24) is 10.3 Å². The fourth-order valence-electron chi connectivity index (χ4n) is 4.29. The van der Waals surface area contributed by atoms with E-state index >= 15 is 0 Å². The molecule has 0 fully saturated rings. The number of nitrogens with one attached hydrogen (secondary N) is 2. The maximum Gasteiger partial charge on any atom is 0.251 e. The van der Waals surface area contributed by atoms with Crippen LogP contribution in [0.5, 0.6) is 0 Å². The summed E-state index contributed by atoms with van der Waals surface area (Å²) in [5.41, 5.74) is 8.17. The quantitative estimate of drug-likeness (QED) is 0.472. The first-order chi connectivity index (χ1) is 14.3. The van der Waals surface area contributed by atoms with Crippen LogP contribution in [0.25, 0.3) is 22.0 Å². The van der Waals surface area contributed by atoms with E-state index in [0.29, 0.717) is 12.1 Å². The summed E-state index contributed by atoms with van der Waals surface area (Å²) in [6.07, 6.45) is 4.83. The Balaban J connectivity index is 1.29. The van der Waals surface area contributed by atoms with E-state index in [4.69, 9.17) is 0 Å². The van der Waals surface area contributed by atoms with Gasteiger partial charge in [0.25, 0.3) is 5.91 Å². The van der Waals surface area contributed by atoms with Crippen LogP contribution in [0.15, 0.2) is 72.8 Å². The van der Waals surface area contributed by atoms with E-state index in [2.05, 4.69) is 40.6 Å². The first-order valence-electron chi connectivity index (χ1n) is 10.3. The van der Waals surface area contributed by atoms with Crippen molar-refractivity contribution in [2.24, 2.45) is 0 Å². The van der Waals surface area contributed by atoms with Crippen LogP contribution in [-0.4, -0.2) is 10.9 Å². The van der Waals surface area contributed by atoms with Gasteiger partial charge in [0.2, 0.25) is 0 Å². The second-order valence-corrected chi connectivity index (χ2v) is 7.80. The zero-order valence-corrected chi connectivity index (χ0v) is 16.4. The molecule has 0 saturated heterocycles. The number of aryl methyl sites for hydroxylation is 2. The highest BCUT2D eigenvalue weighted by molar-refractivity contribution is 5.94. The number of carbonyl (C=O) groups is 1. The Morgan fingerprint density at radius 1 is 0.862 bits per heavy atom. The fraction of sp³-hybridized carbons (Fsp3) is 0.192. The summed E-state index contributed by atoms with van der Waals surface area (Å²) >= 11 is 0. The topological polar surface area (TPSA) is 44.9 Å². The number of rotatable bonds is 4. The summed E-state index contributed by atoms with van der Waals surface area (Å²) in [7, 11) is 0. The van der Waals surface area contributed by atoms with Gasteiger partial charge in [-0.25, -0.2) is 0 Å². The van der Waals surface area contributed by atoms with Gasteiger partial charge in [0.15, 0.2) is 0 Å². The van der Waals surface area contributed by atoms with Crippen molar-refractivity contribution in [1.29, 1.82) is 0 Å². The van der Waals surface area contributed by atoms with Gasteiger partial charge < -0.3 is 10.3 Å². The molecule has 0 spiro atoms. The van der Waals surface area contributed by atoms with Crippen molar-refractivity contribution in [2.75, 3.05) is 0 Å². The van der Waals surface area contributed by atoms with E-state index in [1.165, 1.54) is 35.0 Å². The standard InChI is InChI=1S/C26H24N2O/c29-26(21-13-11-20(12-14-21)19-6-2-1-3-7-19)27-17-18-10-15-25-23(16-18)22-8-4-5-9-24(22)28-25/h1-3,6-7,10-16,28H,4-5,8-9,17H2,(H,27,29). The molecule has 5 rings (SSSR count). The van der Waals surface area contributed by atoms with Gasteiger partial charge >= 0.3 is 0 Å². The highest BCUT2D eigenvalue weighted by Crippen LogP contribution is 2.29. The van der Waals surface area contributed by atoms with Crippen LogP contribution in [0, 0.1) is 0 Å². The molecule has 29 heavy (non-hydrogen) atoms. The molecule has 1 amide bonds. The maximum atomic E-state index is 12.6. The van der Waals surface area contributed by atoms with Gasteiger partial charge in [0.1, 0.15) is 0 Å². The lowest BCUT2D eigenvalue weighted by Gasteiger charge is -2.11. The molecule has 1 aliphatic rings. The number of aromatic nitrogens is 1. The first-order valence-corrected chi connectivity index (χ1v) is 10.3. The third-order valence-corrected chi connectivity index (χ3v) is 5.87. The first kappa shape index (κ1) is 17.7. The van der Waals surface area contributed by atoms with E-state index in [1.807, 2.05) is 42.5 Å². The van der Waals surface area contributed by atoms with Gasteiger partial charge in [-0.2, -0.15) is 0 Å². The number of aromatic amines is 1. The van der Waals surface area contributed by atoms with Gasteiger partial charge in [-0.1, -0.05) is 48.5 Å². The average Bonchev–Trinajstić information content (AvgIpc) is 3.16. The number of H-pyrrole nitrogens is 1. The molecule has 3 aromatic carbocycles. The molecular weight excluding hydrogens is 356 g/mol. The number of fused-ring (bicyclic) bond motifs is 3. The molecule has 3 nitrogen and oxygen atoms in total. The maximum absolute atomic E-state index is 12.6. The molecule has 4 aromatic rings. The lowest BCUT2D eigenvalue weighted by Crippen LogP contribution is -2.22. The molecule has 1 aliphatic carbocycles. The number of carbonyl (C=O) groups excluding carboxylic acids is 1. The summed E-state index contributed by atoms with van der Waals surface area (Å²) in [5, 5.41) is 4.38. The SMILES string of the molecule is O=C(NCc1ccc2[nH]c3c(c2c1)CCCC3)c1ccc(-c2ccccc2)cc1. The van der Waals surface area contributed by atoms with E-state index < -0.39 is 0 Å². The van der Waals surface area contributed by atoms with Gasteiger partial charge in [-0.3, -0.25) is 4.79 Å². The Bertz CT molecular complexity index is 1160. The molecule has 3 heteroatoms. The zero-order chi connectivity index (χ0) is 19.6. The highest BCUT2D eigenvalue weighted by Gasteiger charge is 2.15. The summed E-state index contributed by atoms with van der Waals surface area (Å²) in [6.45, 7) is 0.537. The predicted octanol–water partition coefficient (Wildman–Crippen LogP) is 5.64. The second-order valence-electron chi connectivity index (χ2n) is 7.80. The fourth-order valence-corrected chi connectivity index (χ4v) is 4.29. The van der Waals surface area contributed by atoms with Crippen LogP contribution < -0.4 is 5.32 Å². The third kappa shape index (κ3) is 3.56. The minimum atomic E-state index is -0.0409. The Morgan fingerprint density at radius 2 is 1.62 bits per heavy atom. The molecule has 0 aliphatic heterocycles. The molecule has 0 radical (unpaired) electrons. The molecular formula is C26H24N2O. The molecule has 0 unspecified atom stereocenters. The molecule has 0 bridgehead atoms. The predicted molar refractivity (Wildman–Crippen MR) is 118 cm³/mol. The largest absolute Gasteiger partial charge is 0.358 e. The smallest absolute Gasteiger partial charge is 0.251 e. The molecule has 1 aromatic heterocycles. The molecule has 1 heterocycles. The van der Waals surface area contributed by atoms with E-state index in [0.717, 1.165) is 29.5 Å². The van der Waals surface area contributed by atoms with Crippen molar-refractivity contribution in [3.05, 3.63) is 95.2 Å². The summed E-state index contributed by atoms with van der Waals surface area (Å²) in [4.78, 5) is 16.2. The summed E-state index contributed by atoms with van der Waals surface area (Å²) in [6, 6.07) is 24.5. The Hall–Kier alpha value is -3.33. The van der Waals surface area contributed by atoms with Crippen LogP contribution in [0.2, 0.25) is 0 Å². The van der Waals surface area contributed by atoms with Gasteiger partial charge in [0, 0.05) is 28.7 Å². The van der Waals surface area contributed by atoms with Crippen LogP contribution in [-0.2, 0) is 19.4 Å². The van der Waals surface area contributed by atoms with Crippen molar-refractivity contribution in [3.8, 4) is 11.1 Å². The van der Waals surface area contributed by atoms with Gasteiger partial charge in [0.05, 0.1) is 0 Å². The van der Waals surface area contributed by atoms with E-state index in [-0.39, 0.29) is 5.91 Å². The second kappa shape index (κ2) is 7.59. The Kier molecular flexibility index (Phi) is 4.65. The van der Waals surface area contributed by atoms with Crippen LogP contribution in [0.3, 0.4) is 0 Å². The Morgan fingerprint density at radius 3 is 2.45 bits per heavy atom. The van der Waals surface area contributed by atoms with Crippen molar-refractivity contribution in [3.63, 3.8) is 0 Å².